The predicted octanol–water partition coefficient (Wildman–Crippen LogP) is 4.88. The first-order valence-corrected chi connectivity index (χ1v) is 10.8. The summed E-state index contributed by atoms with van der Waals surface area (Å²) in [5.41, 5.74) is 2.68. The van der Waals surface area contributed by atoms with Crippen LogP contribution in [-0.4, -0.2) is 40.1 Å². The maximum absolute atomic E-state index is 12.3. The lowest BCUT2D eigenvalue weighted by Crippen LogP contribution is -2.21. The third-order valence-electron chi connectivity index (χ3n) is 5.32. The minimum atomic E-state index is -0.241. The number of rotatable bonds is 7. The molecular formula is C23H27ClN4O2. The second kappa shape index (κ2) is 9.06. The number of halogens is 1. The second-order valence-electron chi connectivity index (χ2n) is 7.95. The molecule has 0 saturated carbocycles. The van der Waals surface area contributed by atoms with Crippen LogP contribution >= 0.6 is 11.6 Å². The molecule has 0 radical (unpaired) electrons. The van der Waals surface area contributed by atoms with Gasteiger partial charge in [0.1, 0.15) is 11.6 Å². The van der Waals surface area contributed by atoms with E-state index in [2.05, 4.69) is 28.6 Å². The Labute approximate surface area is 181 Å². The van der Waals surface area contributed by atoms with Gasteiger partial charge in [-0.3, -0.25) is 9.69 Å². The van der Waals surface area contributed by atoms with Crippen molar-refractivity contribution in [3.8, 4) is 5.75 Å². The van der Waals surface area contributed by atoms with Gasteiger partial charge in [0, 0.05) is 11.7 Å². The Kier molecular flexibility index (Phi) is 6.25. The van der Waals surface area contributed by atoms with Crippen LogP contribution in [-0.2, 0) is 11.3 Å². The zero-order chi connectivity index (χ0) is 21.1. The molecular weight excluding hydrogens is 400 g/mol. The Bertz CT molecular complexity index is 1040. The van der Waals surface area contributed by atoms with E-state index in [1.54, 1.807) is 12.1 Å². The van der Waals surface area contributed by atoms with Crippen LogP contribution in [0.2, 0.25) is 5.02 Å². The van der Waals surface area contributed by atoms with Crippen molar-refractivity contribution in [1.82, 2.24) is 14.5 Å². The minimum Gasteiger partial charge on any atom is -0.482 e. The van der Waals surface area contributed by atoms with Gasteiger partial charge in [-0.05, 0) is 70.1 Å². The molecule has 2 heterocycles. The molecule has 158 valence electrons. The molecule has 2 aromatic carbocycles. The Morgan fingerprint density at radius 1 is 1.20 bits per heavy atom. The largest absolute Gasteiger partial charge is 0.482 e. The van der Waals surface area contributed by atoms with Crippen LogP contribution in [0.25, 0.3) is 11.0 Å². The Balaban J connectivity index is 1.48. The zero-order valence-electron chi connectivity index (χ0n) is 17.4. The van der Waals surface area contributed by atoms with Crippen molar-refractivity contribution in [2.75, 3.05) is 25.0 Å². The number of carbonyl (C=O) groups excluding carboxylic acids is 1. The summed E-state index contributed by atoms with van der Waals surface area (Å²) in [6.45, 7) is 7.37. The van der Waals surface area contributed by atoms with Crippen molar-refractivity contribution in [2.45, 2.75) is 39.3 Å². The van der Waals surface area contributed by atoms with Crippen LogP contribution in [0.5, 0.6) is 5.75 Å². The standard InChI is InChI=1S/C23H27ClN4O2/c1-16(2)28-20-10-9-17(13-19(20)26-22(28)14-27-11-5-6-12-27)25-23(29)15-30-21-8-4-3-7-18(21)24/h3-4,7-10,13,16H,5-6,11-12,14-15H2,1-2H3,(H,25,29). The SMILES string of the molecule is CC(C)n1c(CN2CCCC2)nc2cc(NC(=O)COc3ccccc3Cl)ccc21. The lowest BCUT2D eigenvalue weighted by Gasteiger charge is -2.18. The smallest absolute Gasteiger partial charge is 0.262 e. The van der Waals surface area contributed by atoms with Gasteiger partial charge in [-0.1, -0.05) is 23.7 Å². The highest BCUT2D eigenvalue weighted by molar-refractivity contribution is 6.32. The lowest BCUT2D eigenvalue weighted by atomic mass is 10.2. The average Bonchev–Trinajstić information content (AvgIpc) is 3.34. The van der Waals surface area contributed by atoms with E-state index in [0.29, 0.717) is 22.5 Å². The predicted molar refractivity (Wildman–Crippen MR) is 120 cm³/mol. The summed E-state index contributed by atoms with van der Waals surface area (Å²) in [5, 5.41) is 3.37. The summed E-state index contributed by atoms with van der Waals surface area (Å²) in [7, 11) is 0. The normalized spacial score (nSPS) is 14.5. The van der Waals surface area contributed by atoms with Crippen molar-refractivity contribution < 1.29 is 9.53 Å². The number of benzene rings is 2. The average molecular weight is 427 g/mol. The minimum absolute atomic E-state index is 0.109. The number of nitrogens with one attached hydrogen (secondary N) is 1. The molecule has 0 spiro atoms. The fourth-order valence-electron chi connectivity index (χ4n) is 3.96. The van der Waals surface area contributed by atoms with Crippen LogP contribution < -0.4 is 10.1 Å². The molecule has 4 rings (SSSR count). The molecule has 1 aliphatic rings. The Hall–Kier alpha value is -2.57. The van der Waals surface area contributed by atoms with E-state index in [4.69, 9.17) is 21.3 Å². The number of imidazole rings is 1. The maximum atomic E-state index is 12.3. The van der Waals surface area contributed by atoms with Gasteiger partial charge in [0.15, 0.2) is 6.61 Å². The van der Waals surface area contributed by atoms with Crippen LogP contribution in [0.4, 0.5) is 5.69 Å². The van der Waals surface area contributed by atoms with E-state index in [0.717, 1.165) is 36.5 Å². The number of aromatic nitrogens is 2. The first kappa shape index (κ1) is 20.7. The van der Waals surface area contributed by atoms with E-state index in [1.807, 2.05) is 30.3 Å². The summed E-state index contributed by atoms with van der Waals surface area (Å²) in [4.78, 5) is 19.7. The van der Waals surface area contributed by atoms with Crippen molar-refractivity contribution in [1.29, 1.82) is 0 Å². The number of anilines is 1. The molecule has 1 aromatic heterocycles. The van der Waals surface area contributed by atoms with Gasteiger partial charge in [0.25, 0.3) is 5.91 Å². The molecule has 1 N–H and O–H groups in total. The van der Waals surface area contributed by atoms with E-state index < -0.39 is 0 Å². The maximum Gasteiger partial charge on any atom is 0.262 e. The Morgan fingerprint density at radius 2 is 1.97 bits per heavy atom. The van der Waals surface area contributed by atoms with Gasteiger partial charge in [0.2, 0.25) is 0 Å². The summed E-state index contributed by atoms with van der Waals surface area (Å²) in [5.74, 6) is 1.33. The van der Waals surface area contributed by atoms with E-state index in [9.17, 15) is 4.79 Å². The number of carbonyl (C=O) groups is 1. The quantitative estimate of drug-likeness (QED) is 0.584. The number of fused-ring (bicyclic) bond motifs is 1. The molecule has 6 nitrogen and oxygen atoms in total. The van der Waals surface area contributed by atoms with Gasteiger partial charge in [-0.25, -0.2) is 4.98 Å². The zero-order valence-corrected chi connectivity index (χ0v) is 18.2. The number of ether oxygens (including phenoxy) is 1. The third-order valence-corrected chi connectivity index (χ3v) is 5.63. The van der Waals surface area contributed by atoms with Crippen molar-refractivity contribution in [2.24, 2.45) is 0 Å². The van der Waals surface area contributed by atoms with E-state index >= 15 is 0 Å². The van der Waals surface area contributed by atoms with Gasteiger partial charge in [-0.15, -0.1) is 0 Å². The van der Waals surface area contributed by atoms with Crippen LogP contribution in [0.1, 0.15) is 38.6 Å². The van der Waals surface area contributed by atoms with Crippen LogP contribution in [0.15, 0.2) is 42.5 Å². The molecule has 1 fully saturated rings. The fourth-order valence-corrected chi connectivity index (χ4v) is 4.15. The van der Waals surface area contributed by atoms with Crippen LogP contribution in [0, 0.1) is 0 Å². The van der Waals surface area contributed by atoms with Gasteiger partial charge < -0.3 is 14.6 Å². The summed E-state index contributed by atoms with van der Waals surface area (Å²) in [6, 6.07) is 13.3. The van der Waals surface area contributed by atoms with Gasteiger partial charge in [-0.2, -0.15) is 0 Å². The van der Waals surface area contributed by atoms with Crippen molar-refractivity contribution in [3.63, 3.8) is 0 Å². The highest BCUT2D eigenvalue weighted by atomic mass is 35.5. The van der Waals surface area contributed by atoms with Crippen molar-refractivity contribution >= 4 is 34.2 Å². The van der Waals surface area contributed by atoms with Crippen LogP contribution in [0.3, 0.4) is 0 Å². The molecule has 30 heavy (non-hydrogen) atoms. The van der Waals surface area contributed by atoms with E-state index in [1.165, 1.54) is 12.8 Å². The number of para-hydroxylation sites is 1. The molecule has 1 aliphatic heterocycles. The first-order chi connectivity index (χ1) is 14.5. The third kappa shape index (κ3) is 4.60. The number of hydrogen-bond donors (Lipinski definition) is 1. The number of hydrogen-bond acceptors (Lipinski definition) is 4. The van der Waals surface area contributed by atoms with Gasteiger partial charge >= 0.3 is 0 Å². The first-order valence-electron chi connectivity index (χ1n) is 10.4. The summed E-state index contributed by atoms with van der Waals surface area (Å²) >= 11 is 6.07. The topological polar surface area (TPSA) is 59.4 Å². The monoisotopic (exact) mass is 426 g/mol. The number of nitrogens with zero attached hydrogens (tertiary/aromatic N) is 3. The molecule has 0 bridgehead atoms. The molecule has 0 unspecified atom stereocenters. The van der Waals surface area contributed by atoms with Gasteiger partial charge in [0.05, 0.1) is 22.6 Å². The van der Waals surface area contributed by atoms with Crippen molar-refractivity contribution in [3.05, 3.63) is 53.3 Å². The molecule has 3 aromatic rings. The number of amides is 1. The highest BCUT2D eigenvalue weighted by Crippen LogP contribution is 2.26. The molecule has 0 atom stereocenters. The second-order valence-corrected chi connectivity index (χ2v) is 8.35. The number of likely N-dealkylation sites (tertiary alicyclic amines) is 1. The summed E-state index contributed by atoms with van der Waals surface area (Å²) < 4.78 is 7.81. The molecule has 7 heteroatoms. The fraction of sp³-hybridized carbons (Fsp3) is 0.391. The molecule has 0 aliphatic carbocycles. The van der Waals surface area contributed by atoms with E-state index in [-0.39, 0.29) is 12.5 Å². The summed E-state index contributed by atoms with van der Waals surface area (Å²) in [6.07, 6.45) is 2.52. The highest BCUT2D eigenvalue weighted by Gasteiger charge is 2.19. The molecule has 1 amide bonds. The Morgan fingerprint density at radius 3 is 2.70 bits per heavy atom. The molecule has 1 saturated heterocycles. The lowest BCUT2D eigenvalue weighted by molar-refractivity contribution is -0.118.